The highest BCUT2D eigenvalue weighted by Gasteiger charge is 2.43. The summed E-state index contributed by atoms with van der Waals surface area (Å²) in [5.74, 6) is 1.41. The molecule has 1 saturated carbocycles. The van der Waals surface area contributed by atoms with Crippen molar-refractivity contribution in [1.82, 2.24) is 4.90 Å². The molecule has 0 aromatic carbocycles. The molecular formula is C22H37NO2. The first-order chi connectivity index (χ1) is 12.0. The second-order valence-corrected chi connectivity index (χ2v) is 8.28. The number of fused-ring (bicyclic) bond motifs is 1. The van der Waals surface area contributed by atoms with E-state index in [2.05, 4.69) is 32.0 Å². The molecule has 25 heavy (non-hydrogen) atoms. The Kier molecular flexibility index (Phi) is 8.38. The number of ketones is 1. The van der Waals surface area contributed by atoms with Crippen LogP contribution in [0.15, 0.2) is 23.8 Å². The van der Waals surface area contributed by atoms with E-state index in [1.807, 2.05) is 6.08 Å². The minimum absolute atomic E-state index is 0.165. The van der Waals surface area contributed by atoms with Crippen LogP contribution in [-0.2, 0) is 4.79 Å². The molecule has 0 spiro atoms. The van der Waals surface area contributed by atoms with Crippen LogP contribution in [0.2, 0.25) is 0 Å². The SMILES string of the molecule is CCCCC(=O)C=C[C@@H]1[C@H]2CC(CCCCCN(C)C)=C[C@H]2C[C@H]1O. The highest BCUT2D eigenvalue weighted by molar-refractivity contribution is 5.89. The van der Waals surface area contributed by atoms with Crippen molar-refractivity contribution in [2.45, 2.75) is 70.8 Å². The molecule has 0 heterocycles. The largest absolute Gasteiger partial charge is 0.392 e. The number of aliphatic hydroxyl groups excluding tert-OH is 1. The quantitative estimate of drug-likeness (QED) is 0.343. The minimum atomic E-state index is -0.275. The van der Waals surface area contributed by atoms with Gasteiger partial charge in [0, 0.05) is 12.3 Å². The number of rotatable bonds is 11. The van der Waals surface area contributed by atoms with E-state index < -0.39 is 0 Å². The van der Waals surface area contributed by atoms with E-state index in [9.17, 15) is 9.90 Å². The third-order valence-corrected chi connectivity index (χ3v) is 5.83. The third kappa shape index (κ3) is 6.38. The summed E-state index contributed by atoms with van der Waals surface area (Å²) in [6, 6.07) is 0. The maximum Gasteiger partial charge on any atom is 0.155 e. The molecule has 1 fully saturated rings. The molecule has 0 aromatic rings. The molecule has 0 aliphatic heterocycles. The zero-order valence-corrected chi connectivity index (χ0v) is 16.4. The Balaban J connectivity index is 1.77. The van der Waals surface area contributed by atoms with Crippen molar-refractivity contribution in [3.63, 3.8) is 0 Å². The molecule has 2 aliphatic rings. The maximum absolute atomic E-state index is 11.9. The Bertz CT molecular complexity index is 480. The van der Waals surface area contributed by atoms with Gasteiger partial charge in [-0.25, -0.2) is 0 Å². The molecule has 0 bridgehead atoms. The van der Waals surface area contributed by atoms with Gasteiger partial charge in [-0.3, -0.25) is 4.79 Å². The Morgan fingerprint density at radius 1 is 1.28 bits per heavy atom. The molecule has 4 atom stereocenters. The van der Waals surface area contributed by atoms with Crippen molar-refractivity contribution in [2.24, 2.45) is 17.8 Å². The van der Waals surface area contributed by atoms with Gasteiger partial charge in [0.2, 0.25) is 0 Å². The highest BCUT2D eigenvalue weighted by Crippen LogP contribution is 2.48. The predicted octanol–water partition coefficient (Wildman–Crippen LogP) is 4.37. The van der Waals surface area contributed by atoms with Crippen LogP contribution in [0.25, 0.3) is 0 Å². The van der Waals surface area contributed by atoms with Gasteiger partial charge in [0.1, 0.15) is 0 Å². The molecule has 1 N–H and O–H groups in total. The highest BCUT2D eigenvalue weighted by atomic mass is 16.3. The van der Waals surface area contributed by atoms with Gasteiger partial charge in [0.05, 0.1) is 6.10 Å². The summed E-state index contributed by atoms with van der Waals surface area (Å²) >= 11 is 0. The molecule has 3 nitrogen and oxygen atoms in total. The average Bonchev–Trinajstić information content (AvgIpc) is 3.07. The van der Waals surface area contributed by atoms with Crippen LogP contribution in [0.1, 0.15) is 64.7 Å². The van der Waals surface area contributed by atoms with E-state index in [4.69, 9.17) is 0 Å². The van der Waals surface area contributed by atoms with E-state index in [0.29, 0.717) is 18.3 Å². The van der Waals surface area contributed by atoms with Crippen molar-refractivity contribution in [1.29, 1.82) is 0 Å². The fraction of sp³-hybridized carbons (Fsp3) is 0.773. The summed E-state index contributed by atoms with van der Waals surface area (Å²) in [4.78, 5) is 14.1. The standard InChI is InChI=1S/C22H37NO2/c1-4-5-10-19(24)11-12-20-21-15-17(14-18(21)16-22(20)25)9-7-6-8-13-23(2)3/h11-12,14,18,20-22,25H,4-10,13,15-16H2,1-3H3/t18-,20+,21-,22+/m0/s1. The van der Waals surface area contributed by atoms with Gasteiger partial charge in [0.15, 0.2) is 5.78 Å². The molecule has 3 heteroatoms. The Morgan fingerprint density at radius 3 is 2.80 bits per heavy atom. The average molecular weight is 348 g/mol. The molecule has 0 amide bonds. The van der Waals surface area contributed by atoms with E-state index in [1.54, 1.807) is 11.6 Å². The first kappa shape index (κ1) is 20.4. The van der Waals surface area contributed by atoms with Gasteiger partial charge in [-0.05, 0) is 77.1 Å². The first-order valence-electron chi connectivity index (χ1n) is 10.2. The van der Waals surface area contributed by atoms with Crippen LogP contribution in [0, 0.1) is 17.8 Å². The van der Waals surface area contributed by atoms with Crippen LogP contribution < -0.4 is 0 Å². The molecule has 2 aliphatic carbocycles. The fourth-order valence-corrected chi connectivity index (χ4v) is 4.40. The van der Waals surface area contributed by atoms with E-state index >= 15 is 0 Å². The summed E-state index contributed by atoms with van der Waals surface area (Å²) in [5, 5.41) is 10.4. The Labute approximate surface area is 154 Å². The lowest BCUT2D eigenvalue weighted by molar-refractivity contribution is -0.114. The van der Waals surface area contributed by atoms with E-state index in [0.717, 1.165) is 25.7 Å². The van der Waals surface area contributed by atoms with Gasteiger partial charge in [0.25, 0.3) is 0 Å². The molecule has 0 saturated heterocycles. The van der Waals surface area contributed by atoms with Gasteiger partial charge in [-0.2, -0.15) is 0 Å². The molecule has 0 unspecified atom stereocenters. The van der Waals surface area contributed by atoms with Crippen molar-refractivity contribution in [3.05, 3.63) is 23.8 Å². The zero-order valence-electron chi connectivity index (χ0n) is 16.4. The predicted molar refractivity (Wildman–Crippen MR) is 104 cm³/mol. The van der Waals surface area contributed by atoms with Gasteiger partial charge < -0.3 is 10.0 Å². The number of hydrogen-bond donors (Lipinski definition) is 1. The Morgan fingerprint density at radius 2 is 2.08 bits per heavy atom. The molecule has 142 valence electrons. The monoisotopic (exact) mass is 347 g/mol. The van der Waals surface area contributed by atoms with Gasteiger partial charge >= 0.3 is 0 Å². The molecule has 0 aromatic heterocycles. The maximum atomic E-state index is 11.9. The molecule has 0 radical (unpaired) electrons. The number of carbonyl (C=O) groups is 1. The van der Waals surface area contributed by atoms with Crippen LogP contribution >= 0.6 is 0 Å². The lowest BCUT2D eigenvalue weighted by atomic mass is 9.88. The zero-order chi connectivity index (χ0) is 18.2. The van der Waals surface area contributed by atoms with Gasteiger partial charge in [-0.15, -0.1) is 0 Å². The van der Waals surface area contributed by atoms with Crippen molar-refractivity contribution >= 4 is 5.78 Å². The summed E-state index contributed by atoms with van der Waals surface area (Å²) in [6.45, 7) is 3.28. The van der Waals surface area contributed by atoms with Crippen LogP contribution in [0.5, 0.6) is 0 Å². The second kappa shape index (κ2) is 10.3. The van der Waals surface area contributed by atoms with E-state index in [1.165, 1.54) is 32.2 Å². The topological polar surface area (TPSA) is 40.5 Å². The number of aliphatic hydroxyl groups is 1. The summed E-state index contributed by atoms with van der Waals surface area (Å²) in [5.41, 5.74) is 1.59. The van der Waals surface area contributed by atoms with Crippen LogP contribution in [0.4, 0.5) is 0 Å². The summed E-state index contributed by atoms with van der Waals surface area (Å²) in [7, 11) is 4.26. The number of hydrogen-bond acceptors (Lipinski definition) is 3. The first-order valence-corrected chi connectivity index (χ1v) is 10.2. The van der Waals surface area contributed by atoms with E-state index in [-0.39, 0.29) is 17.8 Å². The number of allylic oxidation sites excluding steroid dienone is 3. The lowest BCUT2D eigenvalue weighted by Gasteiger charge is -2.18. The second-order valence-electron chi connectivity index (χ2n) is 8.28. The van der Waals surface area contributed by atoms with Crippen molar-refractivity contribution in [2.75, 3.05) is 20.6 Å². The Hall–Kier alpha value is -0.930. The summed E-state index contributed by atoms with van der Waals surface area (Å²) < 4.78 is 0. The summed E-state index contributed by atoms with van der Waals surface area (Å²) in [6.07, 6.45) is 15.6. The van der Waals surface area contributed by atoms with Crippen LogP contribution in [0.3, 0.4) is 0 Å². The molecular weight excluding hydrogens is 310 g/mol. The number of unbranched alkanes of at least 4 members (excludes halogenated alkanes) is 3. The van der Waals surface area contributed by atoms with Crippen LogP contribution in [-0.4, -0.2) is 42.5 Å². The normalized spacial score (nSPS) is 28.8. The minimum Gasteiger partial charge on any atom is -0.392 e. The third-order valence-electron chi connectivity index (χ3n) is 5.83. The fourth-order valence-electron chi connectivity index (χ4n) is 4.40. The van der Waals surface area contributed by atoms with Crippen molar-refractivity contribution in [3.8, 4) is 0 Å². The number of nitrogens with zero attached hydrogens (tertiary/aromatic N) is 1. The number of carbonyl (C=O) groups excluding carboxylic acids is 1. The van der Waals surface area contributed by atoms with Gasteiger partial charge in [-0.1, -0.05) is 37.5 Å². The lowest BCUT2D eigenvalue weighted by Crippen LogP contribution is -2.17. The molecule has 2 rings (SSSR count). The van der Waals surface area contributed by atoms with Crippen molar-refractivity contribution < 1.29 is 9.90 Å². The smallest absolute Gasteiger partial charge is 0.155 e.